The van der Waals surface area contributed by atoms with Crippen molar-refractivity contribution in [2.24, 2.45) is 0 Å². The van der Waals surface area contributed by atoms with E-state index in [2.05, 4.69) is 4.72 Å². The number of nitrogens with one attached hydrogen (secondary N) is 1. The van der Waals surface area contributed by atoms with Gasteiger partial charge in [0.05, 0.1) is 9.82 Å². The summed E-state index contributed by atoms with van der Waals surface area (Å²) < 4.78 is 25.7. The highest BCUT2D eigenvalue weighted by molar-refractivity contribution is 7.89. The van der Waals surface area contributed by atoms with Crippen molar-refractivity contribution in [3.8, 4) is 0 Å². The van der Waals surface area contributed by atoms with Gasteiger partial charge in [0.25, 0.3) is 5.69 Å². The van der Waals surface area contributed by atoms with Gasteiger partial charge < -0.3 is 5.73 Å². The van der Waals surface area contributed by atoms with Crippen LogP contribution >= 0.6 is 0 Å². The number of nitrogens with two attached hydrogens (primary N) is 1. The number of nitro groups is 1. The third-order valence-electron chi connectivity index (χ3n) is 2.05. The molecule has 0 aromatic heterocycles. The Labute approximate surface area is 98.8 Å². The Balaban J connectivity index is 3.16. The fourth-order valence-corrected chi connectivity index (χ4v) is 2.32. The van der Waals surface area contributed by atoms with Crippen molar-refractivity contribution in [2.45, 2.75) is 18.2 Å². The molecule has 0 saturated carbocycles. The van der Waals surface area contributed by atoms with Crippen molar-refractivity contribution >= 4 is 21.4 Å². The van der Waals surface area contributed by atoms with Gasteiger partial charge in [-0.25, -0.2) is 13.1 Å². The molecule has 0 bridgehead atoms. The van der Waals surface area contributed by atoms with Crippen molar-refractivity contribution in [2.75, 3.05) is 12.3 Å². The molecule has 8 heteroatoms. The largest absolute Gasteiger partial charge is 0.393 e. The molecule has 1 aromatic carbocycles. The normalized spacial score (nSPS) is 11.4. The third-order valence-corrected chi connectivity index (χ3v) is 3.51. The molecule has 94 valence electrons. The fraction of sp³-hybridized carbons (Fsp3) is 0.333. The molecule has 0 fully saturated rings. The lowest BCUT2D eigenvalue weighted by Gasteiger charge is -2.06. The van der Waals surface area contributed by atoms with E-state index >= 15 is 0 Å². The number of nitro benzene ring substituents is 1. The maximum atomic E-state index is 11.7. The van der Waals surface area contributed by atoms with Crippen molar-refractivity contribution in [3.63, 3.8) is 0 Å². The first-order chi connectivity index (χ1) is 7.88. The highest BCUT2D eigenvalue weighted by atomic mass is 32.2. The maximum absolute atomic E-state index is 11.7. The Morgan fingerprint density at radius 2 is 2.12 bits per heavy atom. The van der Waals surface area contributed by atoms with E-state index in [1.807, 2.05) is 6.92 Å². The van der Waals surface area contributed by atoms with Gasteiger partial charge in [0.15, 0.2) is 0 Å². The van der Waals surface area contributed by atoms with E-state index < -0.39 is 20.6 Å². The van der Waals surface area contributed by atoms with Gasteiger partial charge in [0, 0.05) is 12.6 Å². The molecule has 0 amide bonds. The second-order valence-electron chi connectivity index (χ2n) is 3.38. The number of anilines is 1. The highest BCUT2D eigenvalue weighted by Gasteiger charge is 2.19. The minimum atomic E-state index is -3.71. The van der Waals surface area contributed by atoms with Gasteiger partial charge in [0.1, 0.15) is 5.69 Å². The van der Waals surface area contributed by atoms with E-state index in [1.165, 1.54) is 12.1 Å². The van der Waals surface area contributed by atoms with E-state index in [0.717, 1.165) is 6.07 Å². The van der Waals surface area contributed by atoms with Crippen LogP contribution in [0.25, 0.3) is 0 Å². The molecule has 0 saturated heterocycles. The van der Waals surface area contributed by atoms with Crippen molar-refractivity contribution in [1.29, 1.82) is 0 Å². The van der Waals surface area contributed by atoms with Crippen LogP contribution in [0.1, 0.15) is 13.3 Å². The molecular weight excluding hydrogens is 246 g/mol. The van der Waals surface area contributed by atoms with E-state index in [9.17, 15) is 18.5 Å². The maximum Gasteiger partial charge on any atom is 0.293 e. The van der Waals surface area contributed by atoms with E-state index in [0.29, 0.717) is 6.42 Å². The van der Waals surface area contributed by atoms with Crippen molar-refractivity contribution < 1.29 is 13.3 Å². The van der Waals surface area contributed by atoms with E-state index in [1.54, 1.807) is 0 Å². The van der Waals surface area contributed by atoms with Crippen LogP contribution in [-0.2, 0) is 10.0 Å². The molecule has 0 atom stereocenters. The first-order valence-corrected chi connectivity index (χ1v) is 6.40. The quantitative estimate of drug-likeness (QED) is 0.462. The molecule has 0 spiro atoms. The zero-order valence-corrected chi connectivity index (χ0v) is 10.0. The van der Waals surface area contributed by atoms with Gasteiger partial charge >= 0.3 is 0 Å². The number of nitrogen functional groups attached to an aromatic ring is 1. The van der Waals surface area contributed by atoms with Gasteiger partial charge in [-0.2, -0.15) is 0 Å². The Morgan fingerprint density at radius 1 is 1.47 bits per heavy atom. The van der Waals surface area contributed by atoms with Gasteiger partial charge in [-0.15, -0.1) is 0 Å². The van der Waals surface area contributed by atoms with Gasteiger partial charge in [0.2, 0.25) is 10.0 Å². The fourth-order valence-electron chi connectivity index (χ4n) is 1.17. The Hall–Kier alpha value is -1.67. The molecule has 0 unspecified atom stereocenters. The molecule has 0 aliphatic rings. The average molecular weight is 259 g/mol. The second-order valence-corrected chi connectivity index (χ2v) is 5.14. The lowest BCUT2D eigenvalue weighted by atomic mass is 10.3. The van der Waals surface area contributed by atoms with Crippen LogP contribution in [0, 0.1) is 10.1 Å². The summed E-state index contributed by atoms with van der Waals surface area (Å²) >= 11 is 0. The topological polar surface area (TPSA) is 115 Å². The van der Waals surface area contributed by atoms with Crippen LogP contribution in [-0.4, -0.2) is 19.9 Å². The first-order valence-electron chi connectivity index (χ1n) is 4.92. The summed E-state index contributed by atoms with van der Waals surface area (Å²) in [7, 11) is -3.71. The minimum absolute atomic E-state index is 0.0653. The highest BCUT2D eigenvalue weighted by Crippen LogP contribution is 2.24. The zero-order valence-electron chi connectivity index (χ0n) is 9.21. The lowest BCUT2D eigenvalue weighted by Crippen LogP contribution is -2.24. The predicted molar refractivity (Wildman–Crippen MR) is 63.0 cm³/mol. The summed E-state index contributed by atoms with van der Waals surface area (Å²) in [4.78, 5) is 9.75. The summed E-state index contributed by atoms with van der Waals surface area (Å²) in [6.07, 6.45) is 0.635. The minimum Gasteiger partial charge on any atom is -0.393 e. The van der Waals surface area contributed by atoms with E-state index in [4.69, 9.17) is 5.73 Å². The number of sulfonamides is 1. The summed E-state index contributed by atoms with van der Waals surface area (Å²) in [6, 6.07) is 3.40. The number of hydrogen-bond donors (Lipinski definition) is 2. The monoisotopic (exact) mass is 259 g/mol. The molecule has 0 radical (unpaired) electrons. The number of nitrogens with zero attached hydrogens (tertiary/aromatic N) is 1. The second kappa shape index (κ2) is 5.11. The molecule has 0 aliphatic carbocycles. The molecule has 0 aliphatic heterocycles. The summed E-state index contributed by atoms with van der Waals surface area (Å²) in [6.45, 7) is 2.09. The average Bonchev–Trinajstić information content (AvgIpc) is 2.26. The molecule has 1 rings (SSSR count). The van der Waals surface area contributed by atoms with Gasteiger partial charge in [-0.1, -0.05) is 6.92 Å². The molecule has 1 aromatic rings. The lowest BCUT2D eigenvalue weighted by molar-refractivity contribution is -0.384. The first kappa shape index (κ1) is 13.4. The van der Waals surface area contributed by atoms with Gasteiger partial charge in [-0.3, -0.25) is 10.1 Å². The standard InChI is InChI=1S/C9H13N3O4S/c1-2-5-11-17(15,16)7-3-4-8(10)9(6-7)12(13)14/h3-4,6,11H,2,5,10H2,1H3. The number of benzene rings is 1. The molecule has 3 N–H and O–H groups in total. The smallest absolute Gasteiger partial charge is 0.293 e. The molecule has 0 heterocycles. The van der Waals surface area contributed by atoms with Crippen LogP contribution in [0.15, 0.2) is 23.1 Å². The van der Waals surface area contributed by atoms with Gasteiger partial charge in [-0.05, 0) is 18.6 Å². The Kier molecular flexibility index (Phi) is 4.02. The summed E-state index contributed by atoms with van der Waals surface area (Å²) in [5.41, 5.74) is 4.90. The van der Waals surface area contributed by atoms with Crippen LogP contribution in [0.3, 0.4) is 0 Å². The third kappa shape index (κ3) is 3.14. The van der Waals surface area contributed by atoms with E-state index in [-0.39, 0.29) is 17.1 Å². The molecule has 7 nitrogen and oxygen atoms in total. The van der Waals surface area contributed by atoms with Crippen LogP contribution in [0.2, 0.25) is 0 Å². The predicted octanol–water partition coefficient (Wildman–Crippen LogP) is 0.865. The Bertz CT molecular complexity index is 527. The summed E-state index contributed by atoms with van der Waals surface area (Å²) in [5, 5.41) is 10.6. The number of rotatable bonds is 5. The molecular formula is C9H13N3O4S. The van der Waals surface area contributed by atoms with Crippen LogP contribution < -0.4 is 10.5 Å². The Morgan fingerprint density at radius 3 is 2.65 bits per heavy atom. The van der Waals surface area contributed by atoms with Crippen LogP contribution in [0.5, 0.6) is 0 Å². The number of hydrogen-bond acceptors (Lipinski definition) is 5. The summed E-state index contributed by atoms with van der Waals surface area (Å²) in [5.74, 6) is 0. The van der Waals surface area contributed by atoms with Crippen molar-refractivity contribution in [1.82, 2.24) is 4.72 Å². The SMILES string of the molecule is CCCNS(=O)(=O)c1ccc(N)c([N+](=O)[O-])c1. The van der Waals surface area contributed by atoms with Crippen molar-refractivity contribution in [3.05, 3.63) is 28.3 Å². The van der Waals surface area contributed by atoms with Crippen LogP contribution in [0.4, 0.5) is 11.4 Å². The zero-order chi connectivity index (χ0) is 13.1. The molecule has 17 heavy (non-hydrogen) atoms.